The predicted octanol–water partition coefficient (Wildman–Crippen LogP) is 4.45. The van der Waals surface area contributed by atoms with E-state index in [4.69, 9.17) is 14.2 Å². The van der Waals surface area contributed by atoms with Gasteiger partial charge >= 0.3 is 11.9 Å². The molecule has 0 atom stereocenters. The van der Waals surface area contributed by atoms with Crippen LogP contribution in [0.15, 0.2) is 30.3 Å². The van der Waals surface area contributed by atoms with Crippen LogP contribution in [0.5, 0.6) is 5.75 Å². The molecule has 2 rings (SSSR count). The van der Waals surface area contributed by atoms with E-state index >= 15 is 0 Å². The fourth-order valence-electron chi connectivity index (χ4n) is 2.41. The minimum absolute atomic E-state index is 0.0451. The third-order valence-corrected chi connectivity index (χ3v) is 5.24. The van der Waals surface area contributed by atoms with Gasteiger partial charge in [-0.3, -0.25) is 4.79 Å². The first kappa shape index (κ1) is 23.4. The van der Waals surface area contributed by atoms with Crippen molar-refractivity contribution in [3.05, 3.63) is 46.3 Å². The highest BCUT2D eigenvalue weighted by Crippen LogP contribution is 2.35. The molecule has 0 unspecified atom stereocenters. The number of hydrogen-bond acceptors (Lipinski definition) is 7. The number of benzene rings is 1. The molecular weight excluding hydrogens is 406 g/mol. The highest BCUT2D eigenvalue weighted by Gasteiger charge is 2.30. The molecule has 1 aromatic heterocycles. The number of nitrogens with one attached hydrogen (secondary N) is 1. The summed E-state index contributed by atoms with van der Waals surface area (Å²) >= 11 is 0.999. The maximum absolute atomic E-state index is 12.6. The highest BCUT2D eigenvalue weighted by atomic mass is 32.1. The van der Waals surface area contributed by atoms with E-state index in [0.29, 0.717) is 11.3 Å². The lowest BCUT2D eigenvalue weighted by Crippen LogP contribution is -2.28. The van der Waals surface area contributed by atoms with Gasteiger partial charge in [-0.2, -0.15) is 0 Å². The highest BCUT2D eigenvalue weighted by molar-refractivity contribution is 7.18. The van der Waals surface area contributed by atoms with Crippen molar-refractivity contribution in [3.8, 4) is 5.75 Å². The Kier molecular flexibility index (Phi) is 8.00. The van der Waals surface area contributed by atoms with Gasteiger partial charge in [0.1, 0.15) is 28.8 Å². The van der Waals surface area contributed by atoms with Gasteiger partial charge in [0.15, 0.2) is 0 Å². The van der Waals surface area contributed by atoms with Gasteiger partial charge in [-0.05, 0) is 31.5 Å². The number of hydrogen-bond donors (Lipinski definition) is 1. The van der Waals surface area contributed by atoms with E-state index in [2.05, 4.69) is 5.32 Å². The first-order chi connectivity index (χ1) is 14.1. The predicted molar refractivity (Wildman–Crippen MR) is 115 cm³/mol. The van der Waals surface area contributed by atoms with Gasteiger partial charge in [0, 0.05) is 5.41 Å². The van der Waals surface area contributed by atoms with Crippen LogP contribution in [0.1, 0.15) is 53.3 Å². The van der Waals surface area contributed by atoms with Crippen molar-refractivity contribution >= 4 is 34.2 Å². The average Bonchev–Trinajstić information content (AvgIpc) is 3.01. The summed E-state index contributed by atoms with van der Waals surface area (Å²) in [6.45, 7) is 9.01. The lowest BCUT2D eigenvalue weighted by atomic mass is 9.96. The van der Waals surface area contributed by atoms with Crippen LogP contribution in [0, 0.1) is 12.3 Å². The van der Waals surface area contributed by atoms with Crippen LogP contribution in [0.25, 0.3) is 0 Å². The fourth-order valence-corrected chi connectivity index (χ4v) is 3.50. The smallest absolute Gasteiger partial charge is 0.348 e. The lowest BCUT2D eigenvalue weighted by Gasteiger charge is -2.17. The van der Waals surface area contributed by atoms with Crippen molar-refractivity contribution in [1.82, 2.24) is 0 Å². The van der Waals surface area contributed by atoms with Crippen molar-refractivity contribution in [2.24, 2.45) is 5.41 Å². The van der Waals surface area contributed by atoms with Gasteiger partial charge < -0.3 is 19.5 Å². The number of anilines is 1. The molecule has 1 heterocycles. The molecule has 0 radical (unpaired) electrons. The van der Waals surface area contributed by atoms with E-state index in [9.17, 15) is 14.4 Å². The van der Waals surface area contributed by atoms with Crippen molar-refractivity contribution in [2.75, 3.05) is 25.1 Å². The van der Waals surface area contributed by atoms with Crippen LogP contribution in [-0.4, -0.2) is 37.7 Å². The Balaban J connectivity index is 2.13. The van der Waals surface area contributed by atoms with Crippen molar-refractivity contribution in [2.45, 2.75) is 34.6 Å². The Morgan fingerprint density at radius 3 is 2.27 bits per heavy atom. The minimum atomic E-state index is -0.667. The number of carbonyl (C=O) groups is 3. The summed E-state index contributed by atoms with van der Waals surface area (Å²) in [5, 5.41) is 3.02. The summed E-state index contributed by atoms with van der Waals surface area (Å²) in [5.74, 6) is -0.777. The molecule has 1 amide bonds. The molecule has 162 valence electrons. The topological polar surface area (TPSA) is 90.9 Å². The van der Waals surface area contributed by atoms with Gasteiger partial charge in [-0.15, -0.1) is 11.3 Å². The molecule has 0 saturated carbocycles. The molecule has 0 aliphatic carbocycles. The summed E-state index contributed by atoms with van der Waals surface area (Å²) < 4.78 is 15.9. The van der Waals surface area contributed by atoms with Crippen molar-refractivity contribution in [1.29, 1.82) is 0 Å². The van der Waals surface area contributed by atoms with Gasteiger partial charge in [0.25, 0.3) is 0 Å². The number of rotatable bonds is 8. The summed E-state index contributed by atoms with van der Waals surface area (Å²) in [6.07, 6.45) is 0. The first-order valence-electron chi connectivity index (χ1n) is 9.62. The second-order valence-electron chi connectivity index (χ2n) is 7.48. The Morgan fingerprint density at radius 2 is 1.67 bits per heavy atom. The molecule has 0 aliphatic heterocycles. The molecule has 0 fully saturated rings. The van der Waals surface area contributed by atoms with Gasteiger partial charge in [0.05, 0.1) is 12.2 Å². The van der Waals surface area contributed by atoms with Gasteiger partial charge in [-0.1, -0.05) is 39.0 Å². The summed E-state index contributed by atoms with van der Waals surface area (Å²) in [7, 11) is 0. The maximum Gasteiger partial charge on any atom is 0.348 e. The van der Waals surface area contributed by atoms with E-state index in [1.807, 2.05) is 18.2 Å². The van der Waals surface area contributed by atoms with Crippen LogP contribution in [0.3, 0.4) is 0 Å². The first-order valence-corrected chi connectivity index (χ1v) is 10.4. The SMILES string of the molecule is CCOC(=O)c1c(NC(=O)C(C)(C)C)sc(C(=O)OCCOc2ccccc2)c1C. The van der Waals surface area contributed by atoms with Crippen molar-refractivity contribution in [3.63, 3.8) is 0 Å². The Hall–Kier alpha value is -2.87. The minimum Gasteiger partial charge on any atom is -0.490 e. The molecule has 0 aliphatic rings. The Labute approximate surface area is 180 Å². The molecule has 0 spiro atoms. The zero-order valence-electron chi connectivity index (χ0n) is 17.9. The van der Waals surface area contributed by atoms with E-state index in [1.54, 1.807) is 46.8 Å². The molecule has 8 heteroatoms. The van der Waals surface area contributed by atoms with Crippen LogP contribution < -0.4 is 10.1 Å². The average molecular weight is 434 g/mol. The number of para-hydroxylation sites is 1. The van der Waals surface area contributed by atoms with E-state index < -0.39 is 17.4 Å². The summed E-state index contributed by atoms with van der Waals surface area (Å²) in [5.41, 5.74) is -0.0807. The number of amides is 1. The quantitative estimate of drug-likeness (QED) is 0.488. The third kappa shape index (κ3) is 6.06. The Bertz CT molecular complexity index is 898. The largest absolute Gasteiger partial charge is 0.490 e. The monoisotopic (exact) mass is 433 g/mol. The zero-order valence-corrected chi connectivity index (χ0v) is 18.7. The molecule has 2 aromatic rings. The number of esters is 2. The summed E-state index contributed by atoms with van der Waals surface area (Å²) in [4.78, 5) is 37.7. The normalized spacial score (nSPS) is 11.0. The number of ether oxygens (including phenoxy) is 3. The number of carbonyl (C=O) groups excluding carboxylic acids is 3. The standard InChI is InChI=1S/C22H27NO6S/c1-6-27-19(24)16-14(2)17(30-18(16)23-21(26)22(3,4)5)20(25)29-13-12-28-15-10-8-7-9-11-15/h7-11H,6,12-13H2,1-5H3,(H,23,26). The molecule has 7 nitrogen and oxygen atoms in total. The zero-order chi connectivity index (χ0) is 22.3. The van der Waals surface area contributed by atoms with Crippen LogP contribution in [-0.2, 0) is 14.3 Å². The number of thiophene rings is 1. The Morgan fingerprint density at radius 1 is 1.00 bits per heavy atom. The molecule has 0 saturated heterocycles. The third-order valence-electron chi connectivity index (χ3n) is 4.05. The van der Waals surface area contributed by atoms with Crippen LogP contribution in [0.2, 0.25) is 0 Å². The van der Waals surface area contributed by atoms with E-state index in [0.717, 1.165) is 11.3 Å². The van der Waals surface area contributed by atoms with Crippen LogP contribution in [0.4, 0.5) is 5.00 Å². The van der Waals surface area contributed by atoms with E-state index in [-0.39, 0.29) is 41.2 Å². The molecule has 30 heavy (non-hydrogen) atoms. The van der Waals surface area contributed by atoms with Gasteiger partial charge in [-0.25, -0.2) is 9.59 Å². The van der Waals surface area contributed by atoms with Crippen LogP contribution >= 0.6 is 11.3 Å². The molecule has 1 N–H and O–H groups in total. The molecular formula is C22H27NO6S. The molecule has 0 bridgehead atoms. The summed E-state index contributed by atoms with van der Waals surface area (Å²) in [6, 6.07) is 9.19. The second-order valence-corrected chi connectivity index (χ2v) is 8.50. The van der Waals surface area contributed by atoms with E-state index in [1.165, 1.54) is 0 Å². The lowest BCUT2D eigenvalue weighted by molar-refractivity contribution is -0.123. The second kappa shape index (κ2) is 10.2. The fraction of sp³-hybridized carbons (Fsp3) is 0.409. The van der Waals surface area contributed by atoms with Gasteiger partial charge in [0.2, 0.25) is 5.91 Å². The maximum atomic E-state index is 12.6. The molecule has 1 aromatic carbocycles. The van der Waals surface area contributed by atoms with Crippen molar-refractivity contribution < 1.29 is 28.6 Å².